The Balaban J connectivity index is 1.56. The van der Waals surface area contributed by atoms with Gasteiger partial charge in [0.1, 0.15) is 4.83 Å². The van der Waals surface area contributed by atoms with Gasteiger partial charge >= 0.3 is 0 Å². The van der Waals surface area contributed by atoms with E-state index in [-0.39, 0.29) is 17.2 Å². The molecule has 1 fully saturated rings. The third kappa shape index (κ3) is 4.04. The van der Waals surface area contributed by atoms with Crippen molar-refractivity contribution in [2.75, 3.05) is 32.1 Å². The van der Waals surface area contributed by atoms with Crippen LogP contribution in [0.2, 0.25) is 0 Å². The van der Waals surface area contributed by atoms with E-state index < -0.39 is 0 Å². The first-order chi connectivity index (χ1) is 15.1. The second kappa shape index (κ2) is 8.76. The maximum Gasteiger partial charge on any atom is 0.267 e. The van der Waals surface area contributed by atoms with Crippen LogP contribution in [0, 0.1) is 5.92 Å². The monoisotopic (exact) mass is 455 g/mol. The largest absolute Gasteiger partial charge is 0.378 e. The molecular formula is C23H25N3O3S2. The second-order valence-corrected chi connectivity index (χ2v) is 10.2. The van der Waals surface area contributed by atoms with Gasteiger partial charge in [0.25, 0.3) is 5.56 Å². The molecule has 1 aromatic carbocycles. The van der Waals surface area contributed by atoms with Crippen molar-refractivity contribution >= 4 is 39.2 Å². The number of thioether (sulfide) groups is 1. The lowest BCUT2D eigenvalue weighted by Gasteiger charge is -2.26. The van der Waals surface area contributed by atoms with Crippen molar-refractivity contribution < 1.29 is 9.53 Å². The van der Waals surface area contributed by atoms with Crippen molar-refractivity contribution in [3.05, 3.63) is 51.1 Å². The average molecular weight is 456 g/mol. The standard InChI is InChI=1S/C23H25N3O3S2/c1-15-7-8-17-18(13-15)31-21-20(17)22(28)26(16-5-3-2-4-6-16)23(24-21)30-14-19(27)25-9-11-29-12-10-25/h2-6,15H,7-14H2,1H3/t15-/m1/s1. The lowest BCUT2D eigenvalue weighted by atomic mass is 9.89. The number of hydrogen-bond donors (Lipinski definition) is 0. The molecule has 1 saturated heterocycles. The second-order valence-electron chi connectivity index (χ2n) is 8.18. The lowest BCUT2D eigenvalue weighted by molar-refractivity contribution is -0.132. The van der Waals surface area contributed by atoms with Gasteiger partial charge in [-0.05, 0) is 42.9 Å². The van der Waals surface area contributed by atoms with Gasteiger partial charge in [-0.1, -0.05) is 36.9 Å². The minimum absolute atomic E-state index is 0.0235. The third-order valence-electron chi connectivity index (χ3n) is 6.00. The molecule has 0 radical (unpaired) electrons. The lowest BCUT2D eigenvalue weighted by Crippen LogP contribution is -2.41. The molecule has 3 aromatic rings. The summed E-state index contributed by atoms with van der Waals surface area (Å²) in [5.41, 5.74) is 1.94. The number of nitrogens with zero attached hydrogens (tertiary/aromatic N) is 3. The Hall–Kier alpha value is -2.16. The predicted molar refractivity (Wildman–Crippen MR) is 125 cm³/mol. The fraction of sp³-hybridized carbons (Fsp3) is 0.435. The number of rotatable bonds is 4. The Labute approximate surface area is 189 Å². The Bertz CT molecular complexity index is 1170. The highest BCUT2D eigenvalue weighted by atomic mass is 32.2. The van der Waals surface area contributed by atoms with Crippen molar-refractivity contribution in [1.82, 2.24) is 14.5 Å². The minimum Gasteiger partial charge on any atom is -0.378 e. The van der Waals surface area contributed by atoms with Crippen molar-refractivity contribution in [3.63, 3.8) is 0 Å². The van der Waals surface area contributed by atoms with Crippen molar-refractivity contribution in [2.24, 2.45) is 5.92 Å². The first-order valence-corrected chi connectivity index (χ1v) is 12.5. The maximum atomic E-state index is 13.7. The van der Waals surface area contributed by atoms with Crippen LogP contribution in [0.15, 0.2) is 40.3 Å². The van der Waals surface area contributed by atoms with E-state index in [9.17, 15) is 9.59 Å². The van der Waals surface area contributed by atoms with Gasteiger partial charge in [-0.3, -0.25) is 14.2 Å². The van der Waals surface area contributed by atoms with Gasteiger partial charge in [-0.15, -0.1) is 11.3 Å². The number of hydrogen-bond acceptors (Lipinski definition) is 6. The molecule has 0 spiro atoms. The van der Waals surface area contributed by atoms with Gasteiger partial charge in [0.2, 0.25) is 5.91 Å². The summed E-state index contributed by atoms with van der Waals surface area (Å²) in [6.07, 6.45) is 3.05. The number of carbonyl (C=O) groups excluding carboxylic acids is 1. The summed E-state index contributed by atoms with van der Waals surface area (Å²) in [6.45, 7) is 4.66. The SMILES string of the molecule is C[C@@H]1CCc2c(sc3nc(SCC(=O)N4CCOCC4)n(-c4ccccc4)c(=O)c23)C1. The van der Waals surface area contributed by atoms with Gasteiger partial charge in [0.05, 0.1) is 30.0 Å². The summed E-state index contributed by atoms with van der Waals surface area (Å²) in [6, 6.07) is 9.62. The van der Waals surface area contributed by atoms with Crippen LogP contribution in [-0.2, 0) is 22.4 Å². The van der Waals surface area contributed by atoms with E-state index in [0.717, 1.165) is 35.2 Å². The zero-order valence-electron chi connectivity index (χ0n) is 17.5. The van der Waals surface area contributed by atoms with E-state index >= 15 is 0 Å². The molecule has 162 valence electrons. The van der Waals surface area contributed by atoms with E-state index in [1.807, 2.05) is 35.2 Å². The first-order valence-electron chi connectivity index (χ1n) is 10.7. The molecule has 2 aliphatic rings. The molecule has 6 nitrogen and oxygen atoms in total. The zero-order valence-corrected chi connectivity index (χ0v) is 19.1. The van der Waals surface area contributed by atoms with Crippen molar-refractivity contribution in [2.45, 2.75) is 31.3 Å². The number of fused-ring (bicyclic) bond motifs is 3. The molecule has 1 aliphatic heterocycles. The molecule has 1 amide bonds. The highest BCUT2D eigenvalue weighted by Crippen LogP contribution is 2.37. The number of carbonyl (C=O) groups is 1. The minimum atomic E-state index is -0.0235. The number of para-hydroxylation sites is 1. The first kappa shape index (κ1) is 20.7. The predicted octanol–water partition coefficient (Wildman–Crippen LogP) is 3.52. The molecular weight excluding hydrogens is 430 g/mol. The number of benzene rings is 1. The Morgan fingerprint density at radius 2 is 2.03 bits per heavy atom. The fourth-order valence-corrected chi connectivity index (χ4v) is 6.64. The van der Waals surface area contributed by atoms with E-state index in [0.29, 0.717) is 37.4 Å². The molecule has 8 heteroatoms. The maximum absolute atomic E-state index is 13.7. The van der Waals surface area contributed by atoms with Gasteiger partial charge in [0.15, 0.2) is 5.16 Å². The van der Waals surface area contributed by atoms with Crippen LogP contribution in [0.4, 0.5) is 0 Å². The van der Waals surface area contributed by atoms with Crippen LogP contribution in [0.25, 0.3) is 15.9 Å². The molecule has 2 aromatic heterocycles. The summed E-state index contributed by atoms with van der Waals surface area (Å²) in [5, 5.41) is 1.34. The Morgan fingerprint density at radius 1 is 1.26 bits per heavy atom. The molecule has 1 aliphatic carbocycles. The summed E-state index contributed by atoms with van der Waals surface area (Å²) in [5.74, 6) is 0.950. The highest BCUT2D eigenvalue weighted by molar-refractivity contribution is 7.99. The Morgan fingerprint density at radius 3 is 2.81 bits per heavy atom. The quantitative estimate of drug-likeness (QED) is 0.445. The van der Waals surface area contributed by atoms with E-state index in [4.69, 9.17) is 9.72 Å². The van der Waals surface area contributed by atoms with Gasteiger partial charge < -0.3 is 9.64 Å². The molecule has 31 heavy (non-hydrogen) atoms. The molecule has 5 rings (SSSR count). The van der Waals surface area contributed by atoms with E-state index in [2.05, 4.69) is 6.92 Å². The average Bonchev–Trinajstić information content (AvgIpc) is 3.16. The molecule has 0 N–H and O–H groups in total. The van der Waals surface area contributed by atoms with Crippen LogP contribution >= 0.6 is 23.1 Å². The number of thiophene rings is 1. The summed E-state index contributed by atoms with van der Waals surface area (Å²) < 4.78 is 7.03. The van der Waals surface area contributed by atoms with Gasteiger partial charge in [-0.25, -0.2) is 4.98 Å². The normalized spacial score (nSPS) is 18.9. The van der Waals surface area contributed by atoms with Crippen LogP contribution in [0.3, 0.4) is 0 Å². The highest BCUT2D eigenvalue weighted by Gasteiger charge is 2.26. The summed E-state index contributed by atoms with van der Waals surface area (Å²) >= 11 is 2.99. The molecule has 1 atom stereocenters. The molecule has 0 bridgehead atoms. The van der Waals surface area contributed by atoms with Crippen LogP contribution in [-0.4, -0.2) is 52.4 Å². The number of ether oxygens (including phenoxy) is 1. The van der Waals surface area contributed by atoms with Crippen LogP contribution in [0.5, 0.6) is 0 Å². The van der Waals surface area contributed by atoms with Crippen molar-refractivity contribution in [3.8, 4) is 5.69 Å². The number of amides is 1. The fourth-order valence-electron chi connectivity index (χ4n) is 4.30. The van der Waals surface area contributed by atoms with E-state index in [1.54, 1.807) is 15.9 Å². The summed E-state index contributed by atoms with van der Waals surface area (Å²) in [7, 11) is 0. The number of aromatic nitrogens is 2. The number of aryl methyl sites for hydroxylation is 1. The Kier molecular flexibility index (Phi) is 5.86. The smallest absolute Gasteiger partial charge is 0.267 e. The zero-order chi connectivity index (χ0) is 21.4. The molecule has 0 unspecified atom stereocenters. The van der Waals surface area contributed by atoms with E-state index in [1.165, 1.54) is 22.2 Å². The topological polar surface area (TPSA) is 64.4 Å². The van der Waals surface area contributed by atoms with Gasteiger partial charge in [-0.2, -0.15) is 0 Å². The van der Waals surface area contributed by atoms with Gasteiger partial charge in [0, 0.05) is 18.0 Å². The molecule has 0 saturated carbocycles. The summed E-state index contributed by atoms with van der Waals surface area (Å²) in [4.78, 5) is 35.2. The third-order valence-corrected chi connectivity index (χ3v) is 8.07. The van der Waals surface area contributed by atoms with Crippen LogP contribution in [0.1, 0.15) is 23.8 Å². The molecule has 3 heterocycles. The van der Waals surface area contributed by atoms with Crippen LogP contribution < -0.4 is 5.56 Å². The van der Waals surface area contributed by atoms with Crippen molar-refractivity contribution in [1.29, 1.82) is 0 Å². The number of morpholine rings is 1.